The van der Waals surface area contributed by atoms with Gasteiger partial charge in [-0.1, -0.05) is 0 Å². The van der Waals surface area contributed by atoms with Gasteiger partial charge in [0.1, 0.15) is 5.82 Å². The Bertz CT molecular complexity index is 283. The minimum atomic E-state index is -0.181. The van der Waals surface area contributed by atoms with Crippen LogP contribution in [0.1, 0.15) is 6.92 Å². The quantitative estimate of drug-likeness (QED) is 0.571. The molecule has 1 heterocycles. The molecule has 0 unspecified atom stereocenters. The molecule has 0 spiro atoms. The molecule has 0 fully saturated rings. The van der Waals surface area contributed by atoms with Gasteiger partial charge in [-0.2, -0.15) is 0 Å². The highest BCUT2D eigenvalue weighted by molar-refractivity contribution is 5.74. The number of rotatable bonds is 3. The highest BCUT2D eigenvalue weighted by atomic mass is 16.2. The van der Waals surface area contributed by atoms with Crippen LogP contribution in [0.4, 0.5) is 11.6 Å². The molecule has 1 rings (SSSR count). The average Bonchev–Trinajstić information content (AvgIpc) is 2.15. The summed E-state index contributed by atoms with van der Waals surface area (Å²) in [5.74, 6) is 0.988. The largest absolute Gasteiger partial charge is 0.372 e. The predicted octanol–water partition coefficient (Wildman–Crippen LogP) is -0.0187. The van der Waals surface area contributed by atoms with Crippen molar-refractivity contribution in [1.82, 2.24) is 15.6 Å². The molecule has 3 N–H and O–H groups in total. The third kappa shape index (κ3) is 2.94. The first-order valence-corrected chi connectivity index (χ1v) is 3.76. The fraction of sp³-hybridized carbons (Fsp3) is 0.286. The average molecular weight is 181 g/mol. The summed E-state index contributed by atoms with van der Waals surface area (Å²) in [5, 5.41) is 10.4. The number of carbonyl (C=O) groups is 1. The molecule has 0 radical (unpaired) electrons. The molecule has 1 amide bonds. The van der Waals surface area contributed by atoms with Crippen LogP contribution in [0.15, 0.2) is 12.1 Å². The van der Waals surface area contributed by atoms with Crippen molar-refractivity contribution in [1.29, 1.82) is 0 Å². The number of nitrogens with zero attached hydrogens (tertiary/aromatic N) is 2. The van der Waals surface area contributed by atoms with E-state index < -0.39 is 0 Å². The molecule has 0 saturated heterocycles. The van der Waals surface area contributed by atoms with Crippen LogP contribution in [0.5, 0.6) is 0 Å². The highest BCUT2D eigenvalue weighted by Crippen LogP contribution is 2.03. The number of hydrazine groups is 1. The first-order chi connectivity index (χ1) is 6.22. The van der Waals surface area contributed by atoms with Crippen molar-refractivity contribution in [2.24, 2.45) is 0 Å². The van der Waals surface area contributed by atoms with Crippen LogP contribution >= 0.6 is 0 Å². The van der Waals surface area contributed by atoms with Crippen LogP contribution in [-0.4, -0.2) is 23.2 Å². The highest BCUT2D eigenvalue weighted by Gasteiger charge is 1.95. The molecule has 1 aromatic heterocycles. The van der Waals surface area contributed by atoms with Gasteiger partial charge in [0.25, 0.3) is 0 Å². The molecule has 0 aliphatic carbocycles. The van der Waals surface area contributed by atoms with Crippen LogP contribution < -0.4 is 16.2 Å². The Morgan fingerprint density at radius 2 is 1.92 bits per heavy atom. The van der Waals surface area contributed by atoms with E-state index in [1.165, 1.54) is 6.92 Å². The van der Waals surface area contributed by atoms with E-state index in [0.29, 0.717) is 11.6 Å². The molecular formula is C7H11N5O. The SMILES string of the molecule is CNc1ccc(NNC(C)=O)nn1. The normalized spacial score (nSPS) is 9.08. The van der Waals surface area contributed by atoms with Gasteiger partial charge in [-0.3, -0.25) is 15.6 Å². The van der Waals surface area contributed by atoms with Gasteiger partial charge in [0, 0.05) is 14.0 Å². The number of hydrogen-bond acceptors (Lipinski definition) is 5. The first kappa shape index (κ1) is 9.24. The molecule has 1 aromatic rings. The second kappa shape index (κ2) is 4.24. The molecule has 0 aliphatic heterocycles. The van der Waals surface area contributed by atoms with Crippen molar-refractivity contribution in [2.45, 2.75) is 6.92 Å². The van der Waals surface area contributed by atoms with Gasteiger partial charge >= 0.3 is 0 Å². The summed E-state index contributed by atoms with van der Waals surface area (Å²) in [7, 11) is 1.75. The minimum Gasteiger partial charge on any atom is -0.372 e. The Kier molecular flexibility index (Phi) is 3.02. The Morgan fingerprint density at radius 1 is 1.31 bits per heavy atom. The van der Waals surface area contributed by atoms with Gasteiger partial charge in [0.05, 0.1) is 0 Å². The maximum Gasteiger partial charge on any atom is 0.235 e. The maximum absolute atomic E-state index is 10.5. The number of aromatic nitrogens is 2. The molecule has 0 bridgehead atoms. The van der Waals surface area contributed by atoms with E-state index in [-0.39, 0.29) is 5.91 Å². The Labute approximate surface area is 75.7 Å². The van der Waals surface area contributed by atoms with Crippen LogP contribution in [0.25, 0.3) is 0 Å². The molecule has 13 heavy (non-hydrogen) atoms. The van der Waals surface area contributed by atoms with E-state index in [1.54, 1.807) is 19.2 Å². The van der Waals surface area contributed by atoms with Crippen LogP contribution in [0.2, 0.25) is 0 Å². The molecule has 0 aliphatic rings. The van der Waals surface area contributed by atoms with E-state index in [1.807, 2.05) is 0 Å². The third-order valence-corrected chi connectivity index (χ3v) is 1.29. The summed E-state index contributed by atoms with van der Waals surface area (Å²) in [4.78, 5) is 10.5. The van der Waals surface area contributed by atoms with Crippen molar-refractivity contribution >= 4 is 17.5 Å². The van der Waals surface area contributed by atoms with Crippen LogP contribution in [0.3, 0.4) is 0 Å². The van der Waals surface area contributed by atoms with Crippen molar-refractivity contribution < 1.29 is 4.79 Å². The van der Waals surface area contributed by atoms with Gasteiger partial charge in [0.2, 0.25) is 5.91 Å². The smallest absolute Gasteiger partial charge is 0.235 e. The molecule has 0 aromatic carbocycles. The van der Waals surface area contributed by atoms with Crippen molar-refractivity contribution in [2.75, 3.05) is 17.8 Å². The number of nitrogens with one attached hydrogen (secondary N) is 3. The predicted molar refractivity (Wildman–Crippen MR) is 49.0 cm³/mol. The van der Waals surface area contributed by atoms with E-state index in [4.69, 9.17) is 0 Å². The zero-order valence-electron chi connectivity index (χ0n) is 7.46. The summed E-state index contributed by atoms with van der Waals surface area (Å²) in [5.41, 5.74) is 4.98. The second-order valence-corrected chi connectivity index (χ2v) is 2.36. The van der Waals surface area contributed by atoms with Gasteiger partial charge < -0.3 is 5.32 Å². The summed E-state index contributed by atoms with van der Waals surface area (Å²) in [6.07, 6.45) is 0. The number of hydrogen-bond donors (Lipinski definition) is 3. The summed E-state index contributed by atoms with van der Waals surface area (Å²) in [6, 6.07) is 3.45. The summed E-state index contributed by atoms with van der Waals surface area (Å²) in [6.45, 7) is 1.41. The Balaban J connectivity index is 2.54. The fourth-order valence-electron chi connectivity index (χ4n) is 0.684. The first-order valence-electron chi connectivity index (χ1n) is 3.76. The van der Waals surface area contributed by atoms with Crippen LogP contribution in [-0.2, 0) is 4.79 Å². The Hall–Kier alpha value is -1.85. The van der Waals surface area contributed by atoms with E-state index in [9.17, 15) is 4.79 Å². The zero-order chi connectivity index (χ0) is 9.68. The van der Waals surface area contributed by atoms with Crippen molar-refractivity contribution in [3.63, 3.8) is 0 Å². The van der Waals surface area contributed by atoms with Gasteiger partial charge in [-0.05, 0) is 12.1 Å². The van der Waals surface area contributed by atoms with Gasteiger partial charge in [0.15, 0.2) is 5.82 Å². The lowest BCUT2D eigenvalue weighted by Gasteiger charge is -2.04. The van der Waals surface area contributed by atoms with E-state index >= 15 is 0 Å². The van der Waals surface area contributed by atoms with Crippen molar-refractivity contribution in [3.8, 4) is 0 Å². The van der Waals surface area contributed by atoms with Gasteiger partial charge in [-0.25, -0.2) is 0 Å². The molecule has 70 valence electrons. The zero-order valence-corrected chi connectivity index (χ0v) is 7.46. The lowest BCUT2D eigenvalue weighted by atomic mass is 10.5. The monoisotopic (exact) mass is 181 g/mol. The minimum absolute atomic E-state index is 0.181. The van der Waals surface area contributed by atoms with E-state index in [2.05, 4.69) is 26.4 Å². The number of carbonyl (C=O) groups excluding carboxylic acids is 1. The topological polar surface area (TPSA) is 78.9 Å². The number of anilines is 2. The maximum atomic E-state index is 10.5. The number of amides is 1. The lowest BCUT2D eigenvalue weighted by molar-refractivity contribution is -0.118. The molecule has 0 saturated carbocycles. The third-order valence-electron chi connectivity index (χ3n) is 1.29. The lowest BCUT2D eigenvalue weighted by Crippen LogP contribution is -2.27. The second-order valence-electron chi connectivity index (χ2n) is 2.36. The molecular weight excluding hydrogens is 170 g/mol. The van der Waals surface area contributed by atoms with E-state index in [0.717, 1.165) is 0 Å². The molecule has 0 atom stereocenters. The van der Waals surface area contributed by atoms with Gasteiger partial charge in [-0.15, -0.1) is 10.2 Å². The molecule has 6 nitrogen and oxygen atoms in total. The standard InChI is InChI=1S/C7H11N5O/c1-5(13)9-11-7-4-3-6(8-2)10-12-7/h3-4H,1-2H3,(H,8,10)(H,9,13)(H,11,12). The van der Waals surface area contributed by atoms with Crippen LogP contribution in [0, 0.1) is 0 Å². The fourth-order valence-corrected chi connectivity index (χ4v) is 0.684. The summed E-state index contributed by atoms with van der Waals surface area (Å²) < 4.78 is 0. The summed E-state index contributed by atoms with van der Waals surface area (Å²) >= 11 is 0. The Morgan fingerprint density at radius 3 is 2.38 bits per heavy atom. The van der Waals surface area contributed by atoms with Crippen molar-refractivity contribution in [3.05, 3.63) is 12.1 Å². The molecule has 6 heteroatoms.